The molecule has 13 heteroatoms. The average molecular weight is 712 g/mol. The summed E-state index contributed by atoms with van der Waals surface area (Å²) in [7, 11) is 0. The Morgan fingerprint density at radius 1 is 0.745 bits per heavy atom. The summed E-state index contributed by atoms with van der Waals surface area (Å²) in [4.78, 5) is 65.2. The number of ether oxygens (including phenoxy) is 1. The quantitative estimate of drug-likeness (QED) is 0.0955. The van der Waals surface area contributed by atoms with E-state index in [0.717, 1.165) is 5.56 Å². The molecule has 7 atom stereocenters. The van der Waals surface area contributed by atoms with Crippen molar-refractivity contribution in [3.63, 3.8) is 0 Å². The van der Waals surface area contributed by atoms with Gasteiger partial charge >= 0.3 is 5.97 Å². The Balaban J connectivity index is 2.24. The van der Waals surface area contributed by atoms with Crippen molar-refractivity contribution in [2.45, 2.75) is 104 Å². The maximum atomic E-state index is 13.8. The lowest BCUT2D eigenvalue weighted by atomic mass is 9.94. The lowest BCUT2D eigenvalue weighted by Crippen LogP contribution is -2.57. The zero-order valence-electron chi connectivity index (χ0n) is 30.7. The second-order valence-electron chi connectivity index (χ2n) is 13.5. The molecule has 8 N–H and O–H groups in total. The van der Waals surface area contributed by atoms with Gasteiger partial charge in [0.05, 0.1) is 25.0 Å². The second kappa shape index (κ2) is 21.7. The van der Waals surface area contributed by atoms with Gasteiger partial charge < -0.3 is 42.0 Å². The van der Waals surface area contributed by atoms with Crippen molar-refractivity contribution in [3.8, 4) is 5.75 Å². The van der Waals surface area contributed by atoms with Gasteiger partial charge in [-0.05, 0) is 47.4 Å². The van der Waals surface area contributed by atoms with Gasteiger partial charge in [-0.15, -0.1) is 0 Å². The minimum atomic E-state index is -1.37. The lowest BCUT2D eigenvalue weighted by molar-refractivity contribution is -0.143. The standard InChI is InChI=1S/C38H57N5O8/c1-7-24(5)34(41-31(45)21-27-15-12-16-28(19-27)51-18-17-39)36(47)40-29(20-26-13-10-9-11-14-26)30(44)22-32(46)42-35(25(6)8-2)37(48)43-33(23(3)4)38(49)50/h9-16,19,23-25,29-30,33-35,44H,7-8,17-18,20-22,39H2,1-6H3,(H,40,47)(H,41,45)(H,42,46)(H,43,48)(H,49,50). The van der Waals surface area contributed by atoms with Gasteiger partial charge in [0.15, 0.2) is 0 Å². The summed E-state index contributed by atoms with van der Waals surface area (Å²) in [5.74, 6) is -3.75. The third kappa shape index (κ3) is 14.3. The number of aliphatic hydroxyl groups is 1. The highest BCUT2D eigenvalue weighted by Gasteiger charge is 2.34. The number of aliphatic hydroxyl groups excluding tert-OH is 1. The molecule has 51 heavy (non-hydrogen) atoms. The van der Waals surface area contributed by atoms with Gasteiger partial charge in [0.1, 0.15) is 30.5 Å². The molecule has 7 unspecified atom stereocenters. The molecular formula is C38H57N5O8. The van der Waals surface area contributed by atoms with Crippen LogP contribution in [0.5, 0.6) is 5.75 Å². The second-order valence-corrected chi connectivity index (χ2v) is 13.5. The van der Waals surface area contributed by atoms with Crippen LogP contribution in [0, 0.1) is 17.8 Å². The minimum Gasteiger partial charge on any atom is -0.492 e. The van der Waals surface area contributed by atoms with Gasteiger partial charge in [-0.1, -0.05) is 96.8 Å². The van der Waals surface area contributed by atoms with E-state index < -0.39 is 60.4 Å². The van der Waals surface area contributed by atoms with E-state index in [1.165, 1.54) is 0 Å². The summed E-state index contributed by atoms with van der Waals surface area (Å²) in [6, 6.07) is 12.2. The van der Waals surface area contributed by atoms with Gasteiger partial charge in [0.2, 0.25) is 23.6 Å². The molecule has 0 aromatic heterocycles. The average Bonchev–Trinajstić information content (AvgIpc) is 3.10. The monoisotopic (exact) mass is 711 g/mol. The van der Waals surface area contributed by atoms with Crippen LogP contribution in [0.15, 0.2) is 54.6 Å². The van der Waals surface area contributed by atoms with Crippen LogP contribution in [0.3, 0.4) is 0 Å². The van der Waals surface area contributed by atoms with Crippen molar-refractivity contribution >= 4 is 29.6 Å². The van der Waals surface area contributed by atoms with Crippen LogP contribution in [0.1, 0.15) is 71.9 Å². The van der Waals surface area contributed by atoms with Crippen molar-refractivity contribution in [3.05, 3.63) is 65.7 Å². The molecule has 2 rings (SSSR count). The van der Waals surface area contributed by atoms with Gasteiger partial charge in [0.25, 0.3) is 0 Å². The van der Waals surface area contributed by atoms with E-state index in [4.69, 9.17) is 10.5 Å². The number of rotatable bonds is 22. The Bertz CT molecular complexity index is 1420. The number of carboxylic acid groups (broad SMARTS) is 1. The third-order valence-corrected chi connectivity index (χ3v) is 8.99. The van der Waals surface area contributed by atoms with Crippen molar-refractivity contribution < 1.29 is 38.9 Å². The van der Waals surface area contributed by atoms with Crippen molar-refractivity contribution in [2.75, 3.05) is 13.2 Å². The Morgan fingerprint density at radius 2 is 1.31 bits per heavy atom. The number of benzene rings is 2. The smallest absolute Gasteiger partial charge is 0.326 e. The van der Waals surface area contributed by atoms with Crippen LogP contribution in [0.25, 0.3) is 0 Å². The van der Waals surface area contributed by atoms with Gasteiger partial charge in [-0.25, -0.2) is 4.79 Å². The molecule has 13 nitrogen and oxygen atoms in total. The third-order valence-electron chi connectivity index (χ3n) is 8.99. The highest BCUT2D eigenvalue weighted by molar-refractivity contribution is 5.91. The van der Waals surface area contributed by atoms with E-state index in [2.05, 4.69) is 21.3 Å². The summed E-state index contributed by atoms with van der Waals surface area (Å²) in [5.41, 5.74) is 7.02. The van der Waals surface area contributed by atoms with E-state index in [9.17, 15) is 34.2 Å². The molecule has 282 valence electrons. The fraction of sp³-hybridized carbons (Fsp3) is 0.553. The number of aliphatic carboxylic acids is 1. The van der Waals surface area contributed by atoms with Crippen LogP contribution in [-0.2, 0) is 36.8 Å². The topological polar surface area (TPSA) is 209 Å². The molecule has 0 aliphatic rings. The van der Waals surface area contributed by atoms with E-state index >= 15 is 0 Å². The summed E-state index contributed by atoms with van der Waals surface area (Å²) in [6.07, 6.45) is -0.542. The molecule has 0 fully saturated rings. The first kappa shape index (κ1) is 42.7. The number of nitrogens with two attached hydrogens (primary N) is 1. The number of hydrogen-bond donors (Lipinski definition) is 7. The highest BCUT2D eigenvalue weighted by Crippen LogP contribution is 2.17. The first-order valence-corrected chi connectivity index (χ1v) is 17.8. The fourth-order valence-electron chi connectivity index (χ4n) is 5.48. The predicted molar refractivity (Wildman–Crippen MR) is 195 cm³/mol. The van der Waals surface area contributed by atoms with Crippen LogP contribution < -0.4 is 31.7 Å². The molecule has 0 aliphatic carbocycles. The van der Waals surface area contributed by atoms with Crippen LogP contribution in [0.2, 0.25) is 0 Å². The maximum Gasteiger partial charge on any atom is 0.326 e. The summed E-state index contributed by atoms with van der Waals surface area (Å²) in [5, 5.41) is 31.9. The van der Waals surface area contributed by atoms with Crippen LogP contribution in [-0.4, -0.2) is 83.2 Å². The number of amides is 4. The predicted octanol–water partition coefficient (Wildman–Crippen LogP) is 2.33. The lowest BCUT2D eigenvalue weighted by Gasteiger charge is -2.30. The normalized spacial score (nSPS) is 15.3. The van der Waals surface area contributed by atoms with Gasteiger partial charge in [0, 0.05) is 6.54 Å². The number of carboxylic acids is 1. The van der Waals surface area contributed by atoms with E-state index in [0.29, 0.717) is 37.3 Å². The van der Waals surface area contributed by atoms with Crippen molar-refractivity contribution in [1.82, 2.24) is 21.3 Å². The highest BCUT2D eigenvalue weighted by atomic mass is 16.5. The minimum absolute atomic E-state index is 0.00554. The molecule has 2 aromatic carbocycles. The molecule has 0 radical (unpaired) electrons. The summed E-state index contributed by atoms with van der Waals surface area (Å²) in [6.45, 7) is 11.4. The zero-order chi connectivity index (χ0) is 38.1. The van der Waals surface area contributed by atoms with Crippen molar-refractivity contribution in [2.24, 2.45) is 23.5 Å². The molecule has 0 heterocycles. The summed E-state index contributed by atoms with van der Waals surface area (Å²) >= 11 is 0. The molecule has 0 saturated heterocycles. The SMILES string of the molecule is CCC(C)C(NC(=O)Cc1cccc(OCCN)c1)C(=O)NC(Cc1ccccc1)C(O)CC(=O)NC(C(=O)NC(C(=O)O)C(C)C)C(C)CC. The van der Waals surface area contributed by atoms with Gasteiger partial charge in [-0.2, -0.15) is 0 Å². The molecule has 0 saturated carbocycles. The summed E-state index contributed by atoms with van der Waals surface area (Å²) < 4.78 is 5.56. The number of hydrogen-bond acceptors (Lipinski definition) is 8. The van der Waals surface area contributed by atoms with E-state index in [1.807, 2.05) is 51.1 Å². The number of nitrogens with one attached hydrogen (secondary N) is 4. The largest absolute Gasteiger partial charge is 0.492 e. The van der Waals surface area contributed by atoms with E-state index in [-0.39, 0.29) is 36.5 Å². The molecule has 0 aliphatic heterocycles. The maximum absolute atomic E-state index is 13.8. The Kier molecular flexibility index (Phi) is 18.1. The first-order valence-electron chi connectivity index (χ1n) is 17.8. The molecular weight excluding hydrogens is 654 g/mol. The Labute approximate surface area is 301 Å². The number of carbonyl (C=O) groups is 5. The molecule has 0 spiro atoms. The Morgan fingerprint density at radius 3 is 1.86 bits per heavy atom. The number of carbonyl (C=O) groups excluding carboxylic acids is 4. The molecule has 0 bridgehead atoms. The van der Waals surface area contributed by atoms with Crippen LogP contribution in [0.4, 0.5) is 0 Å². The first-order chi connectivity index (χ1) is 24.2. The van der Waals surface area contributed by atoms with Gasteiger partial charge in [-0.3, -0.25) is 19.2 Å². The zero-order valence-corrected chi connectivity index (χ0v) is 30.7. The van der Waals surface area contributed by atoms with E-state index in [1.54, 1.807) is 45.0 Å². The fourth-order valence-corrected chi connectivity index (χ4v) is 5.48. The van der Waals surface area contributed by atoms with Crippen molar-refractivity contribution in [1.29, 1.82) is 0 Å². The van der Waals surface area contributed by atoms with Crippen LogP contribution >= 0.6 is 0 Å². The molecule has 4 amide bonds. The Hall–Kier alpha value is -4.49. The molecule has 2 aromatic rings.